The van der Waals surface area contributed by atoms with Gasteiger partial charge in [-0.05, 0) is 17.7 Å². The van der Waals surface area contributed by atoms with Gasteiger partial charge in [-0.25, -0.2) is 9.59 Å². The fourth-order valence-corrected chi connectivity index (χ4v) is 3.13. The number of nitrogens with zero attached hydrogens (tertiary/aromatic N) is 2. The van der Waals surface area contributed by atoms with E-state index in [1.807, 2.05) is 0 Å². The van der Waals surface area contributed by atoms with Crippen LogP contribution in [0.1, 0.15) is 10.9 Å². The smallest absolute Gasteiger partial charge is 0.409 e. The van der Waals surface area contributed by atoms with E-state index in [0.29, 0.717) is 0 Å². The van der Waals surface area contributed by atoms with Crippen molar-refractivity contribution in [1.82, 2.24) is 9.88 Å². The molecule has 2 heterocycles. The van der Waals surface area contributed by atoms with Crippen LogP contribution in [0.2, 0.25) is 0 Å². The zero-order valence-electron chi connectivity index (χ0n) is 8.68. The van der Waals surface area contributed by atoms with Gasteiger partial charge in [-0.3, -0.25) is 9.88 Å². The molecule has 0 saturated carbocycles. The number of amides is 1. The molecule has 2 N–H and O–H groups in total. The second-order valence-corrected chi connectivity index (χ2v) is 4.62. The van der Waals surface area contributed by atoms with Crippen molar-refractivity contribution in [2.24, 2.45) is 0 Å². The van der Waals surface area contributed by atoms with Gasteiger partial charge in [0.15, 0.2) is 0 Å². The van der Waals surface area contributed by atoms with E-state index in [4.69, 9.17) is 10.2 Å². The van der Waals surface area contributed by atoms with Crippen LogP contribution in [0.3, 0.4) is 0 Å². The maximum atomic E-state index is 11.1. The van der Waals surface area contributed by atoms with Crippen molar-refractivity contribution >= 4 is 23.8 Å². The number of carboxylic acids is 1. The van der Waals surface area contributed by atoms with Crippen LogP contribution >= 0.6 is 11.8 Å². The minimum Gasteiger partial charge on any atom is -0.480 e. The van der Waals surface area contributed by atoms with E-state index in [1.54, 1.807) is 24.5 Å². The van der Waals surface area contributed by atoms with E-state index in [1.165, 1.54) is 11.8 Å². The number of hydrogen-bond acceptors (Lipinski definition) is 4. The lowest BCUT2D eigenvalue weighted by atomic mass is 10.2. The van der Waals surface area contributed by atoms with E-state index < -0.39 is 23.5 Å². The van der Waals surface area contributed by atoms with Gasteiger partial charge in [-0.15, -0.1) is 11.8 Å². The largest absolute Gasteiger partial charge is 0.480 e. The minimum absolute atomic E-state index is 0.259. The summed E-state index contributed by atoms with van der Waals surface area (Å²) in [6.45, 7) is 0. The van der Waals surface area contributed by atoms with Crippen LogP contribution in [0, 0.1) is 0 Å². The predicted octanol–water partition coefficient (Wildman–Crippen LogP) is 1.26. The Labute approximate surface area is 101 Å². The van der Waals surface area contributed by atoms with Gasteiger partial charge in [-0.2, -0.15) is 0 Å². The highest BCUT2D eigenvalue weighted by atomic mass is 32.2. The maximum absolute atomic E-state index is 11.1. The molecule has 1 fully saturated rings. The molecule has 17 heavy (non-hydrogen) atoms. The van der Waals surface area contributed by atoms with Crippen molar-refractivity contribution in [3.63, 3.8) is 0 Å². The number of rotatable bonds is 2. The van der Waals surface area contributed by atoms with Crippen molar-refractivity contribution in [3.05, 3.63) is 30.1 Å². The third-order valence-corrected chi connectivity index (χ3v) is 3.82. The molecule has 90 valence electrons. The van der Waals surface area contributed by atoms with Crippen LogP contribution in [-0.4, -0.2) is 44.0 Å². The lowest BCUT2D eigenvalue weighted by molar-refractivity contribution is -0.141. The van der Waals surface area contributed by atoms with Crippen molar-refractivity contribution < 1.29 is 19.8 Å². The zero-order chi connectivity index (χ0) is 12.4. The highest BCUT2D eigenvalue weighted by Gasteiger charge is 2.42. The van der Waals surface area contributed by atoms with Gasteiger partial charge in [0.2, 0.25) is 0 Å². The number of aromatic nitrogens is 1. The van der Waals surface area contributed by atoms with Crippen LogP contribution in [0.5, 0.6) is 0 Å². The topological polar surface area (TPSA) is 90.7 Å². The molecule has 7 heteroatoms. The summed E-state index contributed by atoms with van der Waals surface area (Å²) >= 11 is 1.30. The summed E-state index contributed by atoms with van der Waals surface area (Å²) in [5.41, 5.74) is 0.746. The first-order valence-corrected chi connectivity index (χ1v) is 5.91. The lowest BCUT2D eigenvalue weighted by Crippen LogP contribution is -2.42. The van der Waals surface area contributed by atoms with E-state index in [9.17, 15) is 9.59 Å². The molecule has 1 amide bonds. The highest BCUT2D eigenvalue weighted by molar-refractivity contribution is 7.99. The van der Waals surface area contributed by atoms with E-state index in [-0.39, 0.29) is 5.75 Å². The Bertz CT molecular complexity index is 439. The van der Waals surface area contributed by atoms with Gasteiger partial charge < -0.3 is 10.2 Å². The summed E-state index contributed by atoms with van der Waals surface area (Å²) < 4.78 is 0. The molecule has 0 bridgehead atoms. The summed E-state index contributed by atoms with van der Waals surface area (Å²) in [5, 5.41) is 17.6. The van der Waals surface area contributed by atoms with Crippen molar-refractivity contribution in [2.75, 3.05) is 5.75 Å². The van der Waals surface area contributed by atoms with Gasteiger partial charge in [-0.1, -0.05) is 0 Å². The number of carbonyl (C=O) groups is 2. The summed E-state index contributed by atoms with van der Waals surface area (Å²) in [6, 6.07) is 2.39. The Kier molecular flexibility index (Phi) is 3.19. The molecule has 0 radical (unpaired) electrons. The normalized spacial score (nSPS) is 23.6. The quantitative estimate of drug-likeness (QED) is 0.825. The number of carboxylic acid groups (broad SMARTS) is 2. The van der Waals surface area contributed by atoms with Crippen LogP contribution in [-0.2, 0) is 4.79 Å². The summed E-state index contributed by atoms with van der Waals surface area (Å²) in [7, 11) is 0. The summed E-state index contributed by atoms with van der Waals surface area (Å²) in [4.78, 5) is 26.9. The lowest BCUT2D eigenvalue weighted by Gasteiger charge is -2.24. The van der Waals surface area contributed by atoms with E-state index in [0.717, 1.165) is 10.5 Å². The average Bonchev–Trinajstić information content (AvgIpc) is 2.74. The zero-order valence-corrected chi connectivity index (χ0v) is 9.50. The molecule has 1 unspecified atom stereocenters. The summed E-state index contributed by atoms with van der Waals surface area (Å²) in [6.07, 6.45) is 1.90. The standard InChI is InChI=1S/C10H10N2O4S/c13-9(14)7-5-17-8(12(7)10(15)16)6-1-3-11-4-2-6/h1-4,7-8H,5H2,(H,13,14)(H,15,16)/t7?,8-/m1/s1. The van der Waals surface area contributed by atoms with Gasteiger partial charge in [0.25, 0.3) is 0 Å². The van der Waals surface area contributed by atoms with Gasteiger partial charge in [0.1, 0.15) is 11.4 Å². The minimum atomic E-state index is -1.22. The Morgan fingerprint density at radius 2 is 2.00 bits per heavy atom. The molecule has 6 nitrogen and oxygen atoms in total. The van der Waals surface area contributed by atoms with Crippen molar-refractivity contribution in [3.8, 4) is 0 Å². The van der Waals surface area contributed by atoms with Crippen molar-refractivity contribution in [1.29, 1.82) is 0 Å². The number of aliphatic carboxylic acids is 1. The second kappa shape index (κ2) is 4.62. The van der Waals surface area contributed by atoms with E-state index >= 15 is 0 Å². The molecule has 1 aliphatic rings. The van der Waals surface area contributed by atoms with Gasteiger partial charge >= 0.3 is 12.1 Å². The number of pyridine rings is 1. The molecule has 0 spiro atoms. The fraction of sp³-hybridized carbons (Fsp3) is 0.300. The molecule has 1 aromatic heterocycles. The molecular formula is C10H10N2O4S. The Morgan fingerprint density at radius 3 is 2.53 bits per heavy atom. The van der Waals surface area contributed by atoms with Crippen LogP contribution in [0.25, 0.3) is 0 Å². The van der Waals surface area contributed by atoms with Crippen LogP contribution in [0.4, 0.5) is 4.79 Å². The first-order chi connectivity index (χ1) is 8.11. The Hall–Kier alpha value is -1.76. The number of hydrogen-bond donors (Lipinski definition) is 2. The fourth-order valence-electron chi connectivity index (χ4n) is 1.72. The third-order valence-electron chi connectivity index (χ3n) is 2.50. The molecule has 2 atom stereocenters. The average molecular weight is 254 g/mol. The summed E-state index contributed by atoms with van der Waals surface area (Å²) in [5.74, 6) is -0.856. The van der Waals surface area contributed by atoms with E-state index in [2.05, 4.69) is 4.98 Å². The first-order valence-electron chi connectivity index (χ1n) is 4.87. The molecular weight excluding hydrogens is 244 g/mol. The maximum Gasteiger partial charge on any atom is 0.409 e. The first kappa shape index (κ1) is 11.7. The van der Waals surface area contributed by atoms with Gasteiger partial charge in [0.05, 0.1) is 0 Å². The monoisotopic (exact) mass is 254 g/mol. The predicted molar refractivity (Wildman–Crippen MR) is 60.7 cm³/mol. The molecule has 1 saturated heterocycles. The second-order valence-electron chi connectivity index (χ2n) is 3.51. The molecule has 0 aliphatic carbocycles. The third kappa shape index (κ3) is 2.19. The van der Waals surface area contributed by atoms with Crippen LogP contribution in [0.15, 0.2) is 24.5 Å². The SMILES string of the molecule is O=C(O)C1CS[C@H](c2ccncc2)N1C(=O)O. The van der Waals surface area contributed by atoms with Gasteiger partial charge in [0, 0.05) is 18.1 Å². The number of thioether (sulfide) groups is 1. The molecule has 1 aromatic rings. The Balaban J connectivity index is 2.30. The molecule has 1 aliphatic heterocycles. The Morgan fingerprint density at radius 1 is 1.35 bits per heavy atom. The molecule has 2 rings (SSSR count). The molecule has 0 aromatic carbocycles. The van der Waals surface area contributed by atoms with Crippen LogP contribution < -0.4 is 0 Å². The van der Waals surface area contributed by atoms with Crippen molar-refractivity contribution in [2.45, 2.75) is 11.4 Å². The highest BCUT2D eigenvalue weighted by Crippen LogP contribution is 2.41.